The van der Waals surface area contributed by atoms with Crippen molar-refractivity contribution in [3.05, 3.63) is 0 Å². The summed E-state index contributed by atoms with van der Waals surface area (Å²) in [6, 6.07) is 0. The summed E-state index contributed by atoms with van der Waals surface area (Å²) < 4.78 is 0. The lowest BCUT2D eigenvalue weighted by Crippen LogP contribution is -2.60. The van der Waals surface area contributed by atoms with Gasteiger partial charge >= 0.3 is 0 Å². The summed E-state index contributed by atoms with van der Waals surface area (Å²) in [4.78, 5) is 2.76. The van der Waals surface area contributed by atoms with Gasteiger partial charge < -0.3 is 5.73 Å². The topological polar surface area (TPSA) is 29.3 Å². The van der Waals surface area contributed by atoms with Crippen LogP contribution in [0.5, 0.6) is 0 Å². The minimum absolute atomic E-state index is 0.302. The number of thioether (sulfide) groups is 1. The summed E-state index contributed by atoms with van der Waals surface area (Å²) in [5, 5.41) is 1.51. The van der Waals surface area contributed by atoms with E-state index in [1.807, 2.05) is 0 Å². The summed E-state index contributed by atoms with van der Waals surface area (Å²) >= 11 is 2.14. The fraction of sp³-hybridized carbons (Fsp3) is 1.00. The molecule has 0 bridgehead atoms. The Hall–Kier alpha value is 0.270. The molecule has 4 atom stereocenters. The molecule has 1 aliphatic heterocycles. The van der Waals surface area contributed by atoms with E-state index < -0.39 is 0 Å². The summed E-state index contributed by atoms with van der Waals surface area (Å²) in [6.45, 7) is 12.8. The average molecular weight is 285 g/mol. The molecule has 0 spiro atoms. The zero-order valence-corrected chi connectivity index (χ0v) is 14.0. The Morgan fingerprint density at radius 2 is 1.89 bits per heavy atom. The predicted octanol–water partition coefficient (Wildman–Crippen LogP) is 3.36. The Labute approximate surface area is 123 Å². The van der Waals surface area contributed by atoms with Crippen LogP contribution in [-0.4, -0.2) is 40.6 Å². The van der Waals surface area contributed by atoms with Crippen molar-refractivity contribution in [1.29, 1.82) is 0 Å². The van der Waals surface area contributed by atoms with E-state index in [0.29, 0.717) is 5.54 Å². The normalized spacial score (nSPS) is 41.7. The molecule has 1 heterocycles. The van der Waals surface area contributed by atoms with Crippen LogP contribution in [-0.2, 0) is 0 Å². The number of hydrogen-bond donors (Lipinski definition) is 1. The van der Waals surface area contributed by atoms with E-state index in [0.717, 1.165) is 28.9 Å². The first-order valence-electron chi connectivity index (χ1n) is 8.07. The smallest absolute Gasteiger partial charge is 0.0335 e. The fourth-order valence-electron chi connectivity index (χ4n) is 4.12. The largest absolute Gasteiger partial charge is 0.329 e. The molecule has 112 valence electrons. The second-order valence-corrected chi connectivity index (χ2v) is 9.07. The van der Waals surface area contributed by atoms with E-state index in [1.165, 1.54) is 38.8 Å². The van der Waals surface area contributed by atoms with Crippen LogP contribution in [0.2, 0.25) is 0 Å². The molecule has 1 saturated heterocycles. The zero-order valence-electron chi connectivity index (χ0n) is 13.2. The minimum atomic E-state index is 0.302. The quantitative estimate of drug-likeness (QED) is 0.862. The van der Waals surface area contributed by atoms with Crippen LogP contribution in [0.25, 0.3) is 0 Å². The Balaban J connectivity index is 2.12. The Morgan fingerprint density at radius 1 is 1.26 bits per heavy atom. The third-order valence-corrected chi connectivity index (χ3v) is 6.50. The summed E-state index contributed by atoms with van der Waals surface area (Å²) in [6.07, 6.45) is 5.42. The van der Waals surface area contributed by atoms with Crippen molar-refractivity contribution >= 4 is 11.8 Å². The first-order valence-corrected chi connectivity index (χ1v) is 9.01. The Kier molecular flexibility index (Phi) is 5.24. The molecule has 1 saturated carbocycles. The van der Waals surface area contributed by atoms with Gasteiger partial charge in [0, 0.05) is 35.7 Å². The monoisotopic (exact) mass is 284 g/mol. The molecule has 3 heteroatoms. The van der Waals surface area contributed by atoms with Gasteiger partial charge in [-0.15, -0.1) is 0 Å². The Morgan fingerprint density at radius 3 is 2.42 bits per heavy atom. The molecule has 2 rings (SSSR count). The predicted molar refractivity (Wildman–Crippen MR) is 86.7 cm³/mol. The van der Waals surface area contributed by atoms with E-state index in [9.17, 15) is 0 Å². The van der Waals surface area contributed by atoms with Crippen molar-refractivity contribution in [2.24, 2.45) is 17.6 Å². The SMILES string of the molecule is CC1CN(C2(CN)CCCC(C(C)C)C2)CC(C)S1. The molecule has 2 fully saturated rings. The number of nitrogens with zero attached hydrogens (tertiary/aromatic N) is 1. The molecule has 2 nitrogen and oxygen atoms in total. The van der Waals surface area contributed by atoms with E-state index >= 15 is 0 Å². The highest BCUT2D eigenvalue weighted by atomic mass is 32.2. The lowest BCUT2D eigenvalue weighted by molar-refractivity contribution is 0.0243. The second-order valence-electron chi connectivity index (χ2n) is 7.19. The van der Waals surface area contributed by atoms with Crippen LogP contribution in [0, 0.1) is 11.8 Å². The van der Waals surface area contributed by atoms with Crippen molar-refractivity contribution in [2.75, 3.05) is 19.6 Å². The van der Waals surface area contributed by atoms with Gasteiger partial charge in [-0.1, -0.05) is 40.5 Å². The van der Waals surface area contributed by atoms with Crippen LogP contribution in [0.1, 0.15) is 53.4 Å². The van der Waals surface area contributed by atoms with Crippen LogP contribution in [0.3, 0.4) is 0 Å². The van der Waals surface area contributed by atoms with Crippen LogP contribution >= 0.6 is 11.8 Å². The van der Waals surface area contributed by atoms with E-state index in [2.05, 4.69) is 44.4 Å². The van der Waals surface area contributed by atoms with Crippen molar-refractivity contribution in [1.82, 2.24) is 4.90 Å². The summed E-state index contributed by atoms with van der Waals surface area (Å²) in [5.41, 5.74) is 6.58. The summed E-state index contributed by atoms with van der Waals surface area (Å²) in [7, 11) is 0. The molecule has 0 aromatic carbocycles. The van der Waals surface area contributed by atoms with Crippen LogP contribution < -0.4 is 5.73 Å². The van der Waals surface area contributed by atoms with Crippen LogP contribution in [0.15, 0.2) is 0 Å². The first-order chi connectivity index (χ1) is 8.97. The Bertz CT molecular complexity index is 284. The maximum Gasteiger partial charge on any atom is 0.0335 e. The zero-order chi connectivity index (χ0) is 14.0. The molecule has 4 unspecified atom stereocenters. The van der Waals surface area contributed by atoms with Gasteiger partial charge in [0.25, 0.3) is 0 Å². The standard InChI is InChI=1S/C16H32N2S/c1-12(2)15-6-5-7-16(8-15,11-17)18-9-13(3)19-14(4)10-18/h12-15H,5-11,17H2,1-4H3. The molecule has 0 amide bonds. The highest BCUT2D eigenvalue weighted by Crippen LogP contribution is 2.41. The van der Waals surface area contributed by atoms with E-state index in [4.69, 9.17) is 5.73 Å². The van der Waals surface area contributed by atoms with Crippen LogP contribution in [0.4, 0.5) is 0 Å². The number of nitrogens with two attached hydrogens (primary N) is 1. The van der Waals surface area contributed by atoms with Crippen molar-refractivity contribution in [3.63, 3.8) is 0 Å². The highest BCUT2D eigenvalue weighted by molar-refractivity contribution is 8.00. The fourth-order valence-corrected chi connectivity index (χ4v) is 5.45. The third-order valence-electron chi connectivity index (χ3n) is 5.27. The molecule has 19 heavy (non-hydrogen) atoms. The van der Waals surface area contributed by atoms with Gasteiger partial charge in [-0.25, -0.2) is 0 Å². The molecule has 0 aromatic heterocycles. The summed E-state index contributed by atoms with van der Waals surface area (Å²) in [5.74, 6) is 1.68. The van der Waals surface area contributed by atoms with Gasteiger partial charge in [0.05, 0.1) is 0 Å². The van der Waals surface area contributed by atoms with Crippen molar-refractivity contribution in [3.8, 4) is 0 Å². The van der Waals surface area contributed by atoms with Gasteiger partial charge in [0.2, 0.25) is 0 Å². The van der Waals surface area contributed by atoms with Gasteiger partial charge in [-0.2, -0.15) is 11.8 Å². The molecule has 0 aromatic rings. The molecule has 2 aliphatic rings. The molecule has 2 N–H and O–H groups in total. The van der Waals surface area contributed by atoms with Gasteiger partial charge in [-0.3, -0.25) is 4.90 Å². The molecule has 0 radical (unpaired) electrons. The van der Waals surface area contributed by atoms with Crippen molar-refractivity contribution in [2.45, 2.75) is 69.4 Å². The maximum absolute atomic E-state index is 6.27. The maximum atomic E-state index is 6.27. The first kappa shape index (κ1) is 15.7. The lowest BCUT2D eigenvalue weighted by Gasteiger charge is -2.52. The van der Waals surface area contributed by atoms with Gasteiger partial charge in [0.15, 0.2) is 0 Å². The molecule has 1 aliphatic carbocycles. The van der Waals surface area contributed by atoms with Crippen molar-refractivity contribution < 1.29 is 0 Å². The molecular weight excluding hydrogens is 252 g/mol. The van der Waals surface area contributed by atoms with Gasteiger partial charge in [-0.05, 0) is 24.7 Å². The van der Waals surface area contributed by atoms with E-state index in [1.54, 1.807) is 0 Å². The van der Waals surface area contributed by atoms with Gasteiger partial charge in [0.1, 0.15) is 0 Å². The second kappa shape index (κ2) is 6.36. The lowest BCUT2D eigenvalue weighted by atomic mass is 9.70. The minimum Gasteiger partial charge on any atom is -0.329 e. The highest BCUT2D eigenvalue weighted by Gasteiger charge is 2.43. The number of hydrogen-bond acceptors (Lipinski definition) is 3. The average Bonchev–Trinajstić information content (AvgIpc) is 2.37. The third kappa shape index (κ3) is 3.48. The number of rotatable bonds is 3. The van der Waals surface area contributed by atoms with E-state index in [-0.39, 0.29) is 0 Å². The molecular formula is C16H32N2S.